The van der Waals surface area contributed by atoms with Crippen LogP contribution in [0, 0.1) is 0 Å². The van der Waals surface area contributed by atoms with Gasteiger partial charge in [0.15, 0.2) is 0 Å². The van der Waals surface area contributed by atoms with Crippen LogP contribution in [-0.4, -0.2) is 0 Å². The maximum atomic E-state index is 11.6. The maximum Gasteiger partial charge on any atom is 0.206 e. The molecular formula is C16H11N2O. The number of para-hydroxylation sites is 1. The van der Waals surface area contributed by atoms with Gasteiger partial charge in [-0.3, -0.25) is 5.11 Å². The molecule has 0 unspecified atom stereocenters. The lowest BCUT2D eigenvalue weighted by Crippen LogP contribution is -1.72. The number of rotatable bonds is 2. The second kappa shape index (κ2) is 4.90. The SMILES string of the molecule is [O]c1ccccc1/N=N/c1cccc2ccccc12. The van der Waals surface area contributed by atoms with Crippen molar-refractivity contribution in [2.45, 2.75) is 0 Å². The highest BCUT2D eigenvalue weighted by Crippen LogP contribution is 2.30. The Morgan fingerprint density at radius 2 is 1.26 bits per heavy atom. The van der Waals surface area contributed by atoms with Crippen molar-refractivity contribution < 1.29 is 5.11 Å². The fourth-order valence-electron chi connectivity index (χ4n) is 1.94. The molecule has 0 saturated heterocycles. The predicted octanol–water partition coefficient (Wildman–Crippen LogP) is 5.40. The summed E-state index contributed by atoms with van der Waals surface area (Å²) in [7, 11) is 0. The maximum absolute atomic E-state index is 11.6. The van der Waals surface area contributed by atoms with Crippen LogP contribution in [0.4, 0.5) is 11.4 Å². The molecule has 0 amide bonds. The number of hydrogen-bond donors (Lipinski definition) is 0. The lowest BCUT2D eigenvalue weighted by molar-refractivity contribution is 0.356. The Balaban J connectivity index is 2.04. The highest BCUT2D eigenvalue weighted by Gasteiger charge is 2.01. The number of hydrogen-bond acceptors (Lipinski definition) is 2. The van der Waals surface area contributed by atoms with Gasteiger partial charge in [-0.05, 0) is 23.6 Å². The summed E-state index contributed by atoms with van der Waals surface area (Å²) in [5, 5.41) is 21.9. The number of fused-ring (bicyclic) bond motifs is 1. The summed E-state index contributed by atoms with van der Waals surface area (Å²) in [4.78, 5) is 0. The van der Waals surface area contributed by atoms with Crippen molar-refractivity contribution in [1.29, 1.82) is 0 Å². The molecule has 3 rings (SSSR count). The van der Waals surface area contributed by atoms with Crippen molar-refractivity contribution in [3.8, 4) is 5.75 Å². The Morgan fingerprint density at radius 1 is 0.632 bits per heavy atom. The average Bonchev–Trinajstić information content (AvgIpc) is 2.46. The summed E-state index contributed by atoms with van der Waals surface area (Å²) in [6.07, 6.45) is 0. The molecule has 0 aliphatic rings. The molecule has 91 valence electrons. The molecule has 0 bridgehead atoms. The average molecular weight is 247 g/mol. The van der Waals surface area contributed by atoms with Gasteiger partial charge in [0.1, 0.15) is 5.69 Å². The molecule has 3 heteroatoms. The smallest absolute Gasteiger partial charge is 0.206 e. The van der Waals surface area contributed by atoms with E-state index in [1.54, 1.807) is 18.2 Å². The van der Waals surface area contributed by atoms with Crippen molar-refractivity contribution in [2.75, 3.05) is 0 Å². The fraction of sp³-hybridized carbons (Fsp3) is 0. The van der Waals surface area contributed by atoms with Crippen LogP contribution in [0.2, 0.25) is 0 Å². The van der Waals surface area contributed by atoms with E-state index in [-0.39, 0.29) is 5.75 Å². The molecule has 3 aromatic rings. The fourth-order valence-corrected chi connectivity index (χ4v) is 1.94. The quantitative estimate of drug-likeness (QED) is 0.544. The van der Waals surface area contributed by atoms with Gasteiger partial charge in [0, 0.05) is 5.39 Å². The van der Waals surface area contributed by atoms with E-state index in [0.29, 0.717) is 5.69 Å². The van der Waals surface area contributed by atoms with E-state index < -0.39 is 0 Å². The lowest BCUT2D eigenvalue weighted by Gasteiger charge is -2.00. The molecule has 0 heterocycles. The van der Waals surface area contributed by atoms with Gasteiger partial charge in [0.25, 0.3) is 0 Å². The normalized spacial score (nSPS) is 11.2. The van der Waals surface area contributed by atoms with Gasteiger partial charge in [-0.1, -0.05) is 48.5 Å². The van der Waals surface area contributed by atoms with Crippen LogP contribution in [-0.2, 0) is 5.11 Å². The van der Waals surface area contributed by atoms with Crippen LogP contribution in [0.1, 0.15) is 0 Å². The summed E-state index contributed by atoms with van der Waals surface area (Å²) in [5.41, 5.74) is 1.12. The summed E-state index contributed by atoms with van der Waals surface area (Å²) >= 11 is 0. The minimum absolute atomic E-state index is 0.119. The Bertz CT molecular complexity index is 745. The van der Waals surface area contributed by atoms with E-state index in [9.17, 15) is 5.11 Å². The zero-order valence-electron chi connectivity index (χ0n) is 10.2. The van der Waals surface area contributed by atoms with Crippen LogP contribution >= 0.6 is 0 Å². The predicted molar refractivity (Wildman–Crippen MR) is 74.7 cm³/mol. The first-order valence-electron chi connectivity index (χ1n) is 6.00. The van der Waals surface area contributed by atoms with Gasteiger partial charge < -0.3 is 0 Å². The van der Waals surface area contributed by atoms with E-state index >= 15 is 0 Å². The van der Waals surface area contributed by atoms with Crippen LogP contribution in [0.3, 0.4) is 0 Å². The van der Waals surface area contributed by atoms with Gasteiger partial charge in [0.05, 0.1) is 5.69 Å². The molecule has 0 aliphatic heterocycles. The first kappa shape index (κ1) is 11.4. The lowest BCUT2D eigenvalue weighted by atomic mass is 10.1. The van der Waals surface area contributed by atoms with E-state index in [2.05, 4.69) is 10.2 Å². The largest absolute Gasteiger partial charge is 0.287 e. The van der Waals surface area contributed by atoms with Gasteiger partial charge >= 0.3 is 0 Å². The molecule has 0 atom stereocenters. The molecule has 1 radical (unpaired) electrons. The number of benzene rings is 3. The molecule has 0 N–H and O–H groups in total. The van der Waals surface area contributed by atoms with E-state index in [4.69, 9.17) is 0 Å². The second-order valence-electron chi connectivity index (χ2n) is 4.17. The van der Waals surface area contributed by atoms with Gasteiger partial charge in [-0.15, -0.1) is 10.2 Å². The topological polar surface area (TPSA) is 44.6 Å². The molecule has 0 fully saturated rings. The van der Waals surface area contributed by atoms with E-state index in [0.717, 1.165) is 16.5 Å². The van der Waals surface area contributed by atoms with Crippen LogP contribution in [0.25, 0.3) is 10.8 Å². The van der Waals surface area contributed by atoms with Crippen LogP contribution in [0.15, 0.2) is 77.0 Å². The number of nitrogens with zero attached hydrogens (tertiary/aromatic N) is 2. The minimum Gasteiger partial charge on any atom is -0.287 e. The van der Waals surface area contributed by atoms with Crippen LogP contribution in [0.5, 0.6) is 5.75 Å². The second-order valence-corrected chi connectivity index (χ2v) is 4.17. The molecular weight excluding hydrogens is 236 g/mol. The van der Waals surface area contributed by atoms with Crippen molar-refractivity contribution in [1.82, 2.24) is 0 Å². The molecule has 0 spiro atoms. The molecule has 0 aliphatic carbocycles. The monoisotopic (exact) mass is 247 g/mol. The summed E-state index contributed by atoms with van der Waals surface area (Å²) in [6, 6.07) is 20.4. The van der Waals surface area contributed by atoms with Crippen molar-refractivity contribution in [3.63, 3.8) is 0 Å². The number of azo groups is 1. The van der Waals surface area contributed by atoms with Gasteiger partial charge in [0.2, 0.25) is 5.75 Å². The summed E-state index contributed by atoms with van der Waals surface area (Å²) in [5.74, 6) is -0.119. The van der Waals surface area contributed by atoms with E-state index in [1.165, 1.54) is 6.07 Å². The molecule has 3 nitrogen and oxygen atoms in total. The highest BCUT2D eigenvalue weighted by atomic mass is 16.3. The Morgan fingerprint density at radius 3 is 2.16 bits per heavy atom. The summed E-state index contributed by atoms with van der Waals surface area (Å²) in [6.45, 7) is 0. The standard InChI is InChI=1S/C16H11N2O/c19-16-11-4-3-9-15(16)18-17-14-10-5-7-12-6-1-2-8-13(12)14/h1-11H/b18-17+. The first-order valence-corrected chi connectivity index (χ1v) is 6.00. The zero-order valence-corrected chi connectivity index (χ0v) is 10.2. The van der Waals surface area contributed by atoms with Crippen molar-refractivity contribution in [3.05, 3.63) is 66.7 Å². The Labute approximate surface area is 110 Å². The zero-order chi connectivity index (χ0) is 13.1. The molecule has 0 aromatic heterocycles. The Hall–Kier alpha value is -2.68. The Kier molecular flexibility index (Phi) is 2.94. The van der Waals surface area contributed by atoms with Gasteiger partial charge in [-0.25, -0.2) is 0 Å². The molecule has 19 heavy (non-hydrogen) atoms. The van der Waals surface area contributed by atoms with Crippen molar-refractivity contribution in [2.24, 2.45) is 10.2 Å². The highest BCUT2D eigenvalue weighted by molar-refractivity contribution is 5.92. The summed E-state index contributed by atoms with van der Waals surface area (Å²) < 4.78 is 0. The third-order valence-corrected chi connectivity index (χ3v) is 2.90. The van der Waals surface area contributed by atoms with Crippen molar-refractivity contribution >= 4 is 22.1 Å². The van der Waals surface area contributed by atoms with E-state index in [1.807, 2.05) is 42.5 Å². The first-order chi connectivity index (χ1) is 9.34. The third-order valence-electron chi connectivity index (χ3n) is 2.90. The molecule has 0 saturated carbocycles. The minimum atomic E-state index is -0.119. The molecule has 3 aromatic carbocycles. The van der Waals surface area contributed by atoms with Gasteiger partial charge in [-0.2, -0.15) is 0 Å². The third kappa shape index (κ3) is 2.31. The van der Waals surface area contributed by atoms with Crippen LogP contribution < -0.4 is 0 Å².